The van der Waals surface area contributed by atoms with E-state index in [9.17, 15) is 0 Å². The Hall–Kier alpha value is -2.77. The fraction of sp³-hybridized carbons (Fsp3) is 0.190. The van der Waals surface area contributed by atoms with Gasteiger partial charge in [0.1, 0.15) is 12.0 Å². The lowest BCUT2D eigenvalue weighted by molar-refractivity contribution is 0.250. The second kappa shape index (κ2) is 8.71. The van der Waals surface area contributed by atoms with Crippen LogP contribution in [-0.4, -0.2) is 15.2 Å². The summed E-state index contributed by atoms with van der Waals surface area (Å²) >= 11 is 7.30. The van der Waals surface area contributed by atoms with E-state index in [0.717, 1.165) is 28.1 Å². The molecule has 0 aliphatic rings. The van der Waals surface area contributed by atoms with E-state index in [1.165, 1.54) is 11.8 Å². The Morgan fingerprint density at radius 2 is 1.90 bits per heavy atom. The van der Waals surface area contributed by atoms with Gasteiger partial charge in [0.05, 0.1) is 5.69 Å². The first-order valence-corrected chi connectivity index (χ1v) is 10.3. The van der Waals surface area contributed by atoms with Gasteiger partial charge in [0.2, 0.25) is 5.89 Å². The minimum atomic E-state index is 0.225. The molecule has 0 fully saturated rings. The molecule has 6 nitrogen and oxygen atoms in total. The second-order valence-corrected chi connectivity index (χ2v) is 7.82. The van der Waals surface area contributed by atoms with Crippen molar-refractivity contribution in [1.82, 2.24) is 15.2 Å². The third-order valence-electron chi connectivity index (χ3n) is 4.13. The number of rotatable bonds is 7. The molecule has 0 saturated heterocycles. The summed E-state index contributed by atoms with van der Waals surface area (Å²) in [4.78, 5) is 4.48. The molecule has 29 heavy (non-hydrogen) atoms. The highest BCUT2D eigenvalue weighted by atomic mass is 35.5. The predicted octanol–water partition coefficient (Wildman–Crippen LogP) is 5.87. The molecule has 4 rings (SSSR count). The van der Waals surface area contributed by atoms with Crippen molar-refractivity contribution in [2.75, 3.05) is 0 Å². The molecule has 0 aliphatic heterocycles. The number of hydrogen-bond acceptors (Lipinski definition) is 7. The number of nitrogens with zero attached hydrogens (tertiary/aromatic N) is 3. The Balaban J connectivity index is 1.33. The van der Waals surface area contributed by atoms with Crippen molar-refractivity contribution in [3.63, 3.8) is 0 Å². The van der Waals surface area contributed by atoms with Crippen LogP contribution in [0.3, 0.4) is 0 Å². The smallest absolute Gasteiger partial charge is 0.277 e. The third-order valence-corrected chi connectivity index (χ3v) is 5.23. The van der Waals surface area contributed by atoms with Crippen molar-refractivity contribution in [3.05, 3.63) is 76.5 Å². The van der Waals surface area contributed by atoms with Gasteiger partial charge in [-0.2, -0.15) is 0 Å². The van der Waals surface area contributed by atoms with E-state index in [1.54, 1.807) is 18.4 Å². The molecule has 0 spiro atoms. The predicted molar refractivity (Wildman–Crippen MR) is 111 cm³/mol. The normalized spacial score (nSPS) is 11.0. The van der Waals surface area contributed by atoms with Gasteiger partial charge >= 0.3 is 0 Å². The van der Waals surface area contributed by atoms with Crippen LogP contribution in [0.5, 0.6) is 5.75 Å². The number of hydrogen-bond donors (Lipinski definition) is 0. The summed E-state index contributed by atoms with van der Waals surface area (Å²) in [6, 6.07) is 13.4. The molecule has 0 saturated carbocycles. The lowest BCUT2D eigenvalue weighted by Crippen LogP contribution is -1.97. The van der Waals surface area contributed by atoms with Crippen LogP contribution >= 0.6 is 23.4 Å². The van der Waals surface area contributed by atoms with E-state index >= 15 is 0 Å². The molecule has 0 radical (unpaired) electrons. The van der Waals surface area contributed by atoms with Crippen LogP contribution in [0.15, 0.2) is 62.8 Å². The van der Waals surface area contributed by atoms with E-state index in [2.05, 4.69) is 15.2 Å². The lowest BCUT2D eigenvalue weighted by Gasteiger charge is -2.07. The van der Waals surface area contributed by atoms with E-state index in [-0.39, 0.29) is 6.61 Å². The number of oxazole rings is 1. The Labute approximate surface area is 177 Å². The number of thioether (sulfide) groups is 1. The Morgan fingerprint density at radius 3 is 2.72 bits per heavy atom. The van der Waals surface area contributed by atoms with Crippen LogP contribution < -0.4 is 4.74 Å². The molecule has 8 heteroatoms. The van der Waals surface area contributed by atoms with Crippen molar-refractivity contribution in [2.45, 2.75) is 31.4 Å². The third kappa shape index (κ3) is 4.99. The molecule has 0 N–H and O–H groups in total. The molecule has 0 unspecified atom stereocenters. The summed E-state index contributed by atoms with van der Waals surface area (Å²) in [5.41, 5.74) is 3.85. The van der Waals surface area contributed by atoms with Crippen LogP contribution in [0.1, 0.15) is 22.7 Å². The number of ether oxygens (including phenoxy) is 1. The molecule has 2 aromatic heterocycles. The zero-order valence-electron chi connectivity index (χ0n) is 15.9. The molecular formula is C21H18ClN3O3S. The van der Waals surface area contributed by atoms with E-state index in [1.807, 2.05) is 44.2 Å². The van der Waals surface area contributed by atoms with E-state index < -0.39 is 0 Å². The molecule has 0 bridgehead atoms. The van der Waals surface area contributed by atoms with Crippen LogP contribution in [0.2, 0.25) is 5.02 Å². The zero-order valence-corrected chi connectivity index (χ0v) is 17.5. The molecule has 2 heterocycles. The van der Waals surface area contributed by atoms with Gasteiger partial charge < -0.3 is 13.6 Å². The van der Waals surface area contributed by atoms with Gasteiger partial charge in [-0.3, -0.25) is 0 Å². The van der Waals surface area contributed by atoms with Crippen molar-refractivity contribution < 1.29 is 13.6 Å². The molecule has 4 aromatic rings. The summed E-state index contributed by atoms with van der Waals surface area (Å²) in [5.74, 6) is 2.34. The molecular weight excluding hydrogens is 410 g/mol. The number of benzene rings is 2. The fourth-order valence-corrected chi connectivity index (χ4v) is 3.37. The van der Waals surface area contributed by atoms with Gasteiger partial charge in [-0.05, 0) is 55.3 Å². The molecule has 0 aliphatic carbocycles. The van der Waals surface area contributed by atoms with Crippen molar-refractivity contribution in [2.24, 2.45) is 0 Å². The monoisotopic (exact) mass is 427 g/mol. The highest BCUT2D eigenvalue weighted by Crippen LogP contribution is 2.26. The lowest BCUT2D eigenvalue weighted by atomic mass is 10.1. The first kappa shape index (κ1) is 19.5. The topological polar surface area (TPSA) is 74.2 Å². The SMILES string of the molecule is Cc1ccc(C)c(OCc2nnc(SCc3coc(-c4ccc(Cl)cc4)n3)o2)c1. The van der Waals surface area contributed by atoms with Crippen LogP contribution in [0.4, 0.5) is 0 Å². The van der Waals surface area contributed by atoms with Gasteiger partial charge in [-0.1, -0.05) is 35.5 Å². The maximum absolute atomic E-state index is 5.91. The van der Waals surface area contributed by atoms with E-state index in [0.29, 0.717) is 27.8 Å². The Morgan fingerprint density at radius 1 is 1.07 bits per heavy atom. The van der Waals surface area contributed by atoms with Gasteiger partial charge in [0.15, 0.2) is 6.61 Å². The van der Waals surface area contributed by atoms with Crippen molar-refractivity contribution in [3.8, 4) is 17.2 Å². The fourth-order valence-electron chi connectivity index (χ4n) is 2.59. The molecule has 0 atom stereocenters. The zero-order chi connectivity index (χ0) is 20.2. The minimum absolute atomic E-state index is 0.225. The average molecular weight is 428 g/mol. The number of aryl methyl sites for hydroxylation is 2. The van der Waals surface area contributed by atoms with Crippen LogP contribution in [-0.2, 0) is 12.4 Å². The number of halogens is 1. The molecule has 0 amide bonds. The summed E-state index contributed by atoms with van der Waals surface area (Å²) in [5, 5.41) is 9.22. The summed E-state index contributed by atoms with van der Waals surface area (Å²) in [7, 11) is 0. The van der Waals surface area contributed by atoms with Crippen molar-refractivity contribution >= 4 is 23.4 Å². The Bertz CT molecular complexity index is 1110. The highest BCUT2D eigenvalue weighted by molar-refractivity contribution is 7.98. The minimum Gasteiger partial charge on any atom is -0.484 e. The number of aromatic nitrogens is 3. The maximum Gasteiger partial charge on any atom is 0.277 e. The molecule has 2 aromatic carbocycles. The largest absolute Gasteiger partial charge is 0.484 e. The highest BCUT2D eigenvalue weighted by Gasteiger charge is 2.12. The van der Waals surface area contributed by atoms with Crippen LogP contribution in [0, 0.1) is 13.8 Å². The summed E-state index contributed by atoms with van der Waals surface area (Å²) in [6.07, 6.45) is 1.62. The van der Waals surface area contributed by atoms with Gasteiger partial charge in [-0.25, -0.2) is 4.98 Å². The van der Waals surface area contributed by atoms with Crippen molar-refractivity contribution in [1.29, 1.82) is 0 Å². The molecule has 148 valence electrons. The van der Waals surface area contributed by atoms with E-state index in [4.69, 9.17) is 25.2 Å². The van der Waals surface area contributed by atoms with Gasteiger partial charge in [0, 0.05) is 16.3 Å². The van der Waals surface area contributed by atoms with Gasteiger partial charge in [0.25, 0.3) is 11.1 Å². The first-order chi connectivity index (χ1) is 14.1. The van der Waals surface area contributed by atoms with Gasteiger partial charge in [-0.15, -0.1) is 10.2 Å². The quantitative estimate of drug-likeness (QED) is 0.341. The Kier molecular flexibility index (Phi) is 5.87. The van der Waals surface area contributed by atoms with Crippen LogP contribution in [0.25, 0.3) is 11.5 Å². The first-order valence-electron chi connectivity index (χ1n) is 8.92. The standard InChI is InChI=1S/C21H18ClN3O3S/c1-13-3-4-14(2)18(9-13)26-11-19-24-25-21(28-19)29-12-17-10-27-20(23-17)15-5-7-16(22)8-6-15/h3-10H,11-12H2,1-2H3. The maximum atomic E-state index is 5.91. The second-order valence-electron chi connectivity index (χ2n) is 6.46. The summed E-state index contributed by atoms with van der Waals surface area (Å²) in [6.45, 7) is 4.25. The summed E-state index contributed by atoms with van der Waals surface area (Å²) < 4.78 is 17.0. The average Bonchev–Trinajstić information content (AvgIpc) is 3.37.